The molecule has 66 heavy (non-hydrogen) atoms. The largest absolute Gasteiger partial charge is 0.448 e. The van der Waals surface area contributed by atoms with Crippen molar-refractivity contribution in [2.24, 2.45) is 5.16 Å². The molecule has 12 nitrogen and oxygen atoms in total. The summed E-state index contributed by atoms with van der Waals surface area (Å²) in [7, 11) is 1.33. The molecule has 0 spiro atoms. The normalized spacial score (nSPS) is 16.0. The highest BCUT2D eigenvalue weighted by molar-refractivity contribution is 8.06. The van der Waals surface area contributed by atoms with Gasteiger partial charge < -0.3 is 24.6 Å². The molecule has 2 N–H and O–H groups in total. The van der Waals surface area contributed by atoms with E-state index in [9.17, 15) is 19.2 Å². The summed E-state index contributed by atoms with van der Waals surface area (Å²) in [6.45, 7) is 1.66. The third-order valence-electron chi connectivity index (χ3n) is 11.0. The molecule has 2 aromatic heterocycles. The van der Waals surface area contributed by atoms with Crippen molar-refractivity contribution in [1.82, 2.24) is 15.2 Å². The summed E-state index contributed by atoms with van der Waals surface area (Å²) in [5.74, 6) is -1.30. The lowest BCUT2D eigenvalue weighted by molar-refractivity contribution is -0.154. The molecule has 1 fully saturated rings. The van der Waals surface area contributed by atoms with Crippen LogP contribution in [-0.4, -0.2) is 57.7 Å². The summed E-state index contributed by atoms with van der Waals surface area (Å²) in [6, 6.07) is 50.9. The number of hydrogen-bond acceptors (Lipinski definition) is 13. The molecule has 2 amide bonds. The number of thiazole rings is 1. The number of esters is 1. The molecular formula is C51H41N5O7S3. The zero-order valence-electron chi connectivity index (χ0n) is 35.5. The Hall–Kier alpha value is -7.20. The van der Waals surface area contributed by atoms with Crippen molar-refractivity contribution in [2.45, 2.75) is 34.9 Å². The molecular weight excluding hydrogens is 891 g/mol. The number of nitrogens with one attached hydrogen (secondary N) is 2. The van der Waals surface area contributed by atoms with Gasteiger partial charge in [-0.25, -0.2) is 14.6 Å². The van der Waals surface area contributed by atoms with E-state index in [-0.39, 0.29) is 22.9 Å². The molecule has 0 bridgehead atoms. The van der Waals surface area contributed by atoms with Gasteiger partial charge in [0.25, 0.3) is 11.8 Å². The topological polar surface area (TPSA) is 152 Å². The molecule has 330 valence electrons. The lowest BCUT2D eigenvalue weighted by atomic mass is 9.77. The molecule has 4 heterocycles. The van der Waals surface area contributed by atoms with E-state index in [1.54, 1.807) is 18.4 Å². The smallest absolute Gasteiger partial charge is 0.356 e. The van der Waals surface area contributed by atoms with Gasteiger partial charge in [-0.3, -0.25) is 14.5 Å². The molecule has 2 aliphatic heterocycles. The van der Waals surface area contributed by atoms with Gasteiger partial charge >= 0.3 is 11.6 Å². The third-order valence-corrected chi connectivity index (χ3v) is 14.3. The van der Waals surface area contributed by atoms with E-state index in [0.29, 0.717) is 20.7 Å². The summed E-state index contributed by atoms with van der Waals surface area (Å²) in [5, 5.41) is 12.2. The highest BCUT2D eigenvalue weighted by Gasteiger charge is 2.55. The minimum atomic E-state index is -1.04. The summed E-state index contributed by atoms with van der Waals surface area (Å²) >= 11 is 3.85. The second kappa shape index (κ2) is 19.5. The molecule has 15 heteroatoms. The molecule has 0 radical (unpaired) electrons. The summed E-state index contributed by atoms with van der Waals surface area (Å²) in [6.07, 6.45) is -0.798. The van der Waals surface area contributed by atoms with Crippen LogP contribution in [0.5, 0.6) is 0 Å². The van der Waals surface area contributed by atoms with Gasteiger partial charge in [-0.15, -0.1) is 23.1 Å². The van der Waals surface area contributed by atoms with Crippen LogP contribution in [0.2, 0.25) is 0 Å². The van der Waals surface area contributed by atoms with Crippen molar-refractivity contribution in [3.63, 3.8) is 0 Å². The first-order valence-corrected chi connectivity index (χ1v) is 23.6. The molecule has 2 atom stereocenters. The van der Waals surface area contributed by atoms with Crippen molar-refractivity contribution < 1.29 is 28.4 Å². The molecule has 5 aromatic carbocycles. The first-order chi connectivity index (χ1) is 32.2. The second-order valence-corrected chi connectivity index (χ2v) is 18.3. The van der Waals surface area contributed by atoms with Crippen LogP contribution in [0.15, 0.2) is 199 Å². The van der Waals surface area contributed by atoms with Gasteiger partial charge in [-0.1, -0.05) is 169 Å². The first-order valence-electron chi connectivity index (χ1n) is 20.8. The number of rotatable bonds is 15. The number of β-lactam (4-membered cyclic amide) rings is 1. The van der Waals surface area contributed by atoms with E-state index in [1.807, 2.05) is 115 Å². The van der Waals surface area contributed by atoms with E-state index < -0.39 is 46.5 Å². The Labute approximate surface area is 392 Å². The number of ether oxygens (including phenoxy) is 1. The molecule has 0 unspecified atom stereocenters. The van der Waals surface area contributed by atoms with Crippen molar-refractivity contribution >= 4 is 63.5 Å². The fourth-order valence-electron chi connectivity index (χ4n) is 8.07. The van der Waals surface area contributed by atoms with Crippen molar-refractivity contribution in [3.05, 3.63) is 229 Å². The number of oxime groups is 1. The van der Waals surface area contributed by atoms with Crippen LogP contribution in [0.4, 0.5) is 5.13 Å². The van der Waals surface area contributed by atoms with Gasteiger partial charge in [0.2, 0.25) is 0 Å². The fraction of sp³-hybridized carbons (Fsp3) is 0.137. The van der Waals surface area contributed by atoms with Crippen molar-refractivity contribution in [1.29, 1.82) is 0 Å². The van der Waals surface area contributed by atoms with Crippen LogP contribution in [0, 0.1) is 6.92 Å². The minimum absolute atomic E-state index is 0.0294. The van der Waals surface area contributed by atoms with Gasteiger partial charge in [0.05, 0.1) is 0 Å². The summed E-state index contributed by atoms with van der Waals surface area (Å²) in [4.78, 5) is 68.0. The van der Waals surface area contributed by atoms with Crippen LogP contribution < -0.4 is 16.3 Å². The van der Waals surface area contributed by atoms with E-state index in [4.69, 9.17) is 19.0 Å². The molecule has 9 rings (SSSR count). The van der Waals surface area contributed by atoms with E-state index in [0.717, 1.165) is 27.8 Å². The average molecular weight is 932 g/mol. The number of amides is 2. The van der Waals surface area contributed by atoms with Gasteiger partial charge in [-0.2, -0.15) is 0 Å². The zero-order chi connectivity index (χ0) is 45.6. The minimum Gasteiger partial charge on any atom is -0.448 e. The Morgan fingerprint density at radius 3 is 1.89 bits per heavy atom. The molecule has 7 aromatic rings. The van der Waals surface area contributed by atoms with Crippen LogP contribution in [-0.2, 0) is 29.5 Å². The van der Waals surface area contributed by atoms with E-state index in [1.165, 1.54) is 52.9 Å². The number of aryl methyl sites for hydroxylation is 1. The monoisotopic (exact) mass is 931 g/mol. The Morgan fingerprint density at radius 1 is 0.818 bits per heavy atom. The maximum atomic E-state index is 14.6. The van der Waals surface area contributed by atoms with Crippen LogP contribution in [0.25, 0.3) is 0 Å². The lowest BCUT2D eigenvalue weighted by Crippen LogP contribution is -2.71. The van der Waals surface area contributed by atoms with Gasteiger partial charge in [0.15, 0.2) is 16.9 Å². The number of benzene rings is 5. The number of carbonyl (C=O) groups excluding carboxylic acids is 3. The van der Waals surface area contributed by atoms with Gasteiger partial charge in [0.1, 0.15) is 41.2 Å². The van der Waals surface area contributed by atoms with Crippen LogP contribution in [0.3, 0.4) is 0 Å². The van der Waals surface area contributed by atoms with E-state index in [2.05, 4.69) is 52.2 Å². The lowest BCUT2D eigenvalue weighted by Gasteiger charge is -2.49. The Balaban J connectivity index is 1.000. The van der Waals surface area contributed by atoms with Crippen molar-refractivity contribution in [2.75, 3.05) is 18.2 Å². The molecule has 2 aliphatic rings. The molecule has 1 saturated heterocycles. The highest BCUT2D eigenvalue weighted by Crippen LogP contribution is 2.46. The molecule has 0 aliphatic carbocycles. The van der Waals surface area contributed by atoms with E-state index >= 15 is 0 Å². The van der Waals surface area contributed by atoms with Gasteiger partial charge in [0, 0.05) is 27.0 Å². The Bertz CT molecular complexity index is 2850. The fourth-order valence-corrected chi connectivity index (χ4v) is 11.4. The number of aromatic nitrogens is 1. The number of anilines is 1. The summed E-state index contributed by atoms with van der Waals surface area (Å²) in [5.41, 5.74) is 3.08. The van der Waals surface area contributed by atoms with Crippen molar-refractivity contribution in [3.8, 4) is 0 Å². The average Bonchev–Trinajstić information content (AvgIpc) is 3.82. The predicted molar refractivity (Wildman–Crippen MR) is 257 cm³/mol. The summed E-state index contributed by atoms with van der Waals surface area (Å²) < 4.78 is 11.5. The number of fused-ring (bicyclic) bond motifs is 1. The standard InChI is InChI=1S/C51H41N5O7S3/c1-32-28-38(29-41(57)62-32)66-40-31-64-48-43(47(59)56(48)44(40)49(60)63-45(33-18-8-3-9-19-33)34-20-10-4-11-21-34)53-46(58)42(55-61-2)39-30-65-50(52-39)54-51(35-22-12-5-13-23-35,36-24-14-6-15-25-36)37-26-16-7-17-27-37/h3-30,43,45,48H,31H2,1-2H3,(H,52,54)(H,53,58)/t43-,48+/m1/s1. The third kappa shape index (κ3) is 8.92. The predicted octanol–water partition coefficient (Wildman–Crippen LogP) is 8.90. The number of hydrogen-bond donors (Lipinski definition) is 2. The molecule has 0 saturated carbocycles. The number of nitrogens with zero attached hydrogens (tertiary/aromatic N) is 3. The quantitative estimate of drug-likeness (QED) is 0.0334. The Morgan fingerprint density at radius 2 is 1.36 bits per heavy atom. The first kappa shape index (κ1) is 44.0. The second-order valence-electron chi connectivity index (χ2n) is 15.2. The Kier molecular flexibility index (Phi) is 13.0. The van der Waals surface area contributed by atoms with Gasteiger partial charge in [-0.05, 0) is 40.8 Å². The number of thioether (sulfide) groups is 2. The SMILES string of the molecule is CON=C(C(=O)N[C@@H]1C(=O)N2C(C(=O)OC(c3ccccc3)c3ccccc3)=C(Sc3cc(C)oc(=O)c3)CS[C@@H]12)c1csc(NC(c2ccccc2)(c2ccccc2)c2ccccc2)n1. The maximum Gasteiger partial charge on any atom is 0.356 e. The number of carbonyl (C=O) groups is 3. The van der Waals surface area contributed by atoms with Crippen LogP contribution in [0.1, 0.15) is 45.4 Å². The highest BCUT2D eigenvalue weighted by atomic mass is 32.2. The van der Waals surface area contributed by atoms with Crippen LogP contribution >= 0.6 is 34.9 Å². The zero-order valence-corrected chi connectivity index (χ0v) is 38.0. The maximum absolute atomic E-state index is 14.6.